The molecule has 0 spiro atoms. The molecule has 2 rings (SSSR count). The minimum absolute atomic E-state index is 0.0994. The Kier molecular flexibility index (Phi) is 3.50. The van der Waals surface area contributed by atoms with Crippen molar-refractivity contribution in [2.24, 2.45) is 5.73 Å². The Balaban J connectivity index is 2.52. The van der Waals surface area contributed by atoms with Crippen LogP contribution in [0.2, 0.25) is 5.02 Å². The maximum atomic E-state index is 9.82. The molecule has 0 radical (unpaired) electrons. The zero-order valence-electron chi connectivity index (χ0n) is 10.0. The van der Waals surface area contributed by atoms with Gasteiger partial charge in [-0.3, -0.25) is 0 Å². The molecule has 0 saturated heterocycles. The molecule has 1 aliphatic carbocycles. The molecule has 0 bridgehead atoms. The summed E-state index contributed by atoms with van der Waals surface area (Å²) in [5.41, 5.74) is 6.73. The minimum atomic E-state index is -0.473. The summed E-state index contributed by atoms with van der Waals surface area (Å²) in [5.74, 6) is 0.518. The number of benzene rings is 1. The van der Waals surface area contributed by atoms with Crippen molar-refractivity contribution in [2.75, 3.05) is 7.11 Å². The summed E-state index contributed by atoms with van der Waals surface area (Å²) in [4.78, 5) is 0. The number of phenolic OH excluding ortho intramolecular Hbond substituents is 1. The van der Waals surface area contributed by atoms with Gasteiger partial charge in [0.05, 0.1) is 7.11 Å². The van der Waals surface area contributed by atoms with Crippen LogP contribution in [0, 0.1) is 0 Å². The zero-order chi connectivity index (χ0) is 12.5. The molecule has 0 atom stereocenters. The molecule has 94 valence electrons. The predicted octanol–water partition coefficient (Wildman–Crippen LogP) is 3.17. The Morgan fingerprint density at radius 2 is 1.94 bits per heavy atom. The van der Waals surface area contributed by atoms with Crippen molar-refractivity contribution in [1.29, 1.82) is 0 Å². The van der Waals surface area contributed by atoms with E-state index in [1.54, 1.807) is 6.07 Å². The van der Waals surface area contributed by atoms with E-state index >= 15 is 0 Å². The van der Waals surface area contributed by atoms with Crippen LogP contribution in [-0.4, -0.2) is 12.2 Å². The average molecular weight is 256 g/mol. The lowest BCUT2D eigenvalue weighted by molar-refractivity contribution is 0.284. The van der Waals surface area contributed by atoms with E-state index in [0.29, 0.717) is 10.8 Å². The van der Waals surface area contributed by atoms with E-state index in [-0.39, 0.29) is 5.75 Å². The molecule has 0 unspecified atom stereocenters. The van der Waals surface area contributed by atoms with Crippen LogP contribution in [0.4, 0.5) is 0 Å². The molecule has 1 saturated carbocycles. The van der Waals surface area contributed by atoms with Gasteiger partial charge in [-0.15, -0.1) is 0 Å². The summed E-state index contributed by atoms with van der Waals surface area (Å²) >= 11 is 6.23. The van der Waals surface area contributed by atoms with E-state index in [9.17, 15) is 5.11 Å². The molecule has 4 heteroatoms. The molecule has 17 heavy (non-hydrogen) atoms. The molecule has 1 fully saturated rings. The number of aromatic hydroxyl groups is 1. The number of hydrogen-bond acceptors (Lipinski definition) is 3. The number of methoxy groups -OCH3 is 1. The highest BCUT2D eigenvalue weighted by molar-refractivity contribution is 6.31. The molecule has 0 amide bonds. The lowest BCUT2D eigenvalue weighted by Crippen LogP contribution is -2.39. The largest absolute Gasteiger partial charge is 0.504 e. The maximum Gasteiger partial charge on any atom is 0.167 e. The summed E-state index contributed by atoms with van der Waals surface area (Å²) in [6.45, 7) is 0. The first-order valence-corrected chi connectivity index (χ1v) is 6.31. The number of hydrogen-bond donors (Lipinski definition) is 2. The highest BCUT2D eigenvalue weighted by Crippen LogP contribution is 2.46. The molecule has 0 aliphatic heterocycles. The maximum absolute atomic E-state index is 9.82. The molecular weight excluding hydrogens is 238 g/mol. The first-order chi connectivity index (χ1) is 8.08. The quantitative estimate of drug-likeness (QED) is 0.853. The molecule has 1 aromatic carbocycles. The Hall–Kier alpha value is -0.930. The predicted molar refractivity (Wildman–Crippen MR) is 68.6 cm³/mol. The smallest absolute Gasteiger partial charge is 0.167 e. The molecule has 1 aromatic rings. The van der Waals surface area contributed by atoms with Crippen LogP contribution in [0.1, 0.15) is 37.7 Å². The van der Waals surface area contributed by atoms with Gasteiger partial charge in [0.25, 0.3) is 0 Å². The normalized spacial score (nSPS) is 19.0. The van der Waals surface area contributed by atoms with Gasteiger partial charge in [-0.2, -0.15) is 0 Å². The fourth-order valence-corrected chi connectivity index (χ4v) is 2.99. The second-order valence-electron chi connectivity index (χ2n) is 4.69. The van der Waals surface area contributed by atoms with Crippen molar-refractivity contribution in [3.63, 3.8) is 0 Å². The van der Waals surface area contributed by atoms with Gasteiger partial charge in [0, 0.05) is 16.1 Å². The van der Waals surface area contributed by atoms with Crippen molar-refractivity contribution in [3.05, 3.63) is 22.7 Å². The van der Waals surface area contributed by atoms with E-state index in [2.05, 4.69) is 0 Å². The van der Waals surface area contributed by atoms with Gasteiger partial charge in [-0.1, -0.05) is 30.9 Å². The number of halogens is 1. The van der Waals surface area contributed by atoms with Gasteiger partial charge < -0.3 is 15.6 Å². The highest BCUT2D eigenvalue weighted by Gasteiger charge is 2.35. The van der Waals surface area contributed by atoms with E-state index in [4.69, 9.17) is 22.1 Å². The van der Waals surface area contributed by atoms with Crippen LogP contribution in [0.3, 0.4) is 0 Å². The van der Waals surface area contributed by atoms with Gasteiger partial charge in [-0.05, 0) is 25.0 Å². The molecule has 0 aromatic heterocycles. The fourth-order valence-electron chi connectivity index (χ4n) is 2.65. The standard InChI is InChI=1S/C13H18ClNO2/c1-17-12-10(16)6-5-9(14)11(12)13(15)7-3-2-4-8-13/h5-6,16H,2-4,7-8,15H2,1H3. The van der Waals surface area contributed by atoms with Crippen LogP contribution in [-0.2, 0) is 5.54 Å². The third-order valence-corrected chi connectivity index (χ3v) is 3.85. The van der Waals surface area contributed by atoms with Crippen molar-refractivity contribution < 1.29 is 9.84 Å². The summed E-state index contributed by atoms with van der Waals surface area (Å²) in [6.07, 6.45) is 5.15. The summed E-state index contributed by atoms with van der Waals surface area (Å²) in [6, 6.07) is 3.22. The first-order valence-electron chi connectivity index (χ1n) is 5.93. The van der Waals surface area contributed by atoms with Gasteiger partial charge in [-0.25, -0.2) is 0 Å². The monoisotopic (exact) mass is 255 g/mol. The summed E-state index contributed by atoms with van der Waals surface area (Å²) < 4.78 is 5.26. The average Bonchev–Trinajstić information content (AvgIpc) is 2.32. The van der Waals surface area contributed by atoms with Crippen molar-refractivity contribution in [1.82, 2.24) is 0 Å². The Morgan fingerprint density at radius 1 is 1.29 bits per heavy atom. The van der Waals surface area contributed by atoms with E-state index in [0.717, 1.165) is 31.2 Å². The van der Waals surface area contributed by atoms with Gasteiger partial charge in [0.2, 0.25) is 0 Å². The first kappa shape index (κ1) is 12.5. The Morgan fingerprint density at radius 3 is 2.53 bits per heavy atom. The second kappa shape index (κ2) is 4.75. The Bertz CT molecular complexity index is 414. The molecule has 3 nitrogen and oxygen atoms in total. The SMILES string of the molecule is COc1c(O)ccc(Cl)c1C1(N)CCCCC1. The van der Waals surface area contributed by atoms with Crippen LogP contribution < -0.4 is 10.5 Å². The number of rotatable bonds is 2. The summed E-state index contributed by atoms with van der Waals surface area (Å²) in [5, 5.41) is 10.4. The van der Waals surface area contributed by atoms with Crippen molar-refractivity contribution in [3.8, 4) is 11.5 Å². The van der Waals surface area contributed by atoms with Crippen LogP contribution in [0.15, 0.2) is 12.1 Å². The summed E-state index contributed by atoms with van der Waals surface area (Å²) in [7, 11) is 1.53. The number of phenols is 1. The molecule has 1 aliphatic rings. The lowest BCUT2D eigenvalue weighted by atomic mass is 9.77. The zero-order valence-corrected chi connectivity index (χ0v) is 10.8. The van der Waals surface area contributed by atoms with Crippen LogP contribution in [0.5, 0.6) is 11.5 Å². The number of nitrogens with two attached hydrogens (primary N) is 1. The lowest BCUT2D eigenvalue weighted by Gasteiger charge is -2.35. The van der Waals surface area contributed by atoms with Gasteiger partial charge in [0.1, 0.15) is 0 Å². The molecule has 0 heterocycles. The topological polar surface area (TPSA) is 55.5 Å². The van der Waals surface area contributed by atoms with E-state index in [1.165, 1.54) is 19.6 Å². The molecular formula is C13H18ClNO2. The molecule has 3 N–H and O–H groups in total. The number of ether oxygens (including phenoxy) is 1. The van der Waals surface area contributed by atoms with E-state index in [1.807, 2.05) is 0 Å². The third kappa shape index (κ3) is 2.22. The van der Waals surface area contributed by atoms with Crippen molar-refractivity contribution in [2.45, 2.75) is 37.6 Å². The van der Waals surface area contributed by atoms with Crippen LogP contribution in [0.25, 0.3) is 0 Å². The third-order valence-electron chi connectivity index (χ3n) is 3.53. The Labute approximate surface area is 107 Å². The highest BCUT2D eigenvalue weighted by atomic mass is 35.5. The fraction of sp³-hybridized carbons (Fsp3) is 0.538. The second-order valence-corrected chi connectivity index (χ2v) is 5.10. The van der Waals surface area contributed by atoms with Gasteiger partial charge in [0.15, 0.2) is 11.5 Å². The van der Waals surface area contributed by atoms with Crippen LogP contribution >= 0.6 is 11.6 Å². The van der Waals surface area contributed by atoms with Crippen molar-refractivity contribution >= 4 is 11.6 Å². The van der Waals surface area contributed by atoms with E-state index < -0.39 is 5.54 Å². The van der Waals surface area contributed by atoms with Gasteiger partial charge >= 0.3 is 0 Å². The minimum Gasteiger partial charge on any atom is -0.504 e.